The van der Waals surface area contributed by atoms with E-state index in [1.807, 2.05) is 61.6 Å². The molecule has 0 saturated heterocycles. The number of rotatable bonds is 36. The molecule has 0 aromatic rings. The Bertz CT molecular complexity index is 1630. The smallest absolute Gasteiger partial charge is 0.462 e. The van der Waals surface area contributed by atoms with E-state index in [9.17, 15) is 49.7 Å². The Morgan fingerprint density at radius 1 is 0.545 bits per heavy atom. The summed E-state index contributed by atoms with van der Waals surface area (Å²) < 4.78 is 33.4. The van der Waals surface area contributed by atoms with Gasteiger partial charge in [-0.2, -0.15) is 0 Å². The molecule has 7 N–H and O–H groups in total. The van der Waals surface area contributed by atoms with Gasteiger partial charge in [-0.3, -0.25) is 18.6 Å². The number of carbonyl (C=O) groups excluding carboxylic acids is 2. The van der Waals surface area contributed by atoms with Gasteiger partial charge in [-0.1, -0.05) is 142 Å². The van der Waals surface area contributed by atoms with Crippen LogP contribution >= 0.6 is 7.82 Å². The van der Waals surface area contributed by atoms with Crippen LogP contribution in [0.1, 0.15) is 123 Å². The zero-order valence-electron chi connectivity index (χ0n) is 39.0. The molecule has 66 heavy (non-hydrogen) atoms. The highest BCUT2D eigenvalue weighted by molar-refractivity contribution is 7.47. The molecule has 14 nitrogen and oxygen atoms in total. The third-order valence-corrected chi connectivity index (χ3v) is 10.9. The average Bonchev–Trinajstić information content (AvgIpc) is 3.30. The molecule has 1 rings (SSSR count). The fourth-order valence-electron chi connectivity index (χ4n) is 6.13. The Kier molecular flexibility index (Phi) is 35.8. The van der Waals surface area contributed by atoms with Crippen LogP contribution in [-0.4, -0.2) is 110 Å². The van der Waals surface area contributed by atoms with Crippen molar-refractivity contribution >= 4 is 19.8 Å². The lowest BCUT2D eigenvalue weighted by molar-refractivity contribution is -0.220. The van der Waals surface area contributed by atoms with Gasteiger partial charge in [0.2, 0.25) is 0 Å². The number of carbonyl (C=O) groups is 2. The third kappa shape index (κ3) is 31.2. The Morgan fingerprint density at radius 2 is 1.02 bits per heavy atom. The van der Waals surface area contributed by atoms with Crippen LogP contribution in [0.25, 0.3) is 0 Å². The molecule has 1 aliphatic rings. The molecule has 0 bridgehead atoms. The minimum atomic E-state index is -5.16. The van der Waals surface area contributed by atoms with E-state index in [-0.39, 0.29) is 12.8 Å². The molecule has 1 fully saturated rings. The molecule has 372 valence electrons. The van der Waals surface area contributed by atoms with Crippen molar-refractivity contribution in [2.75, 3.05) is 13.2 Å². The van der Waals surface area contributed by atoms with Crippen LogP contribution in [0.2, 0.25) is 0 Å². The number of phosphoric ester groups is 1. The molecule has 9 atom stereocenters. The first-order valence-corrected chi connectivity index (χ1v) is 24.9. The summed E-state index contributed by atoms with van der Waals surface area (Å²) in [5.41, 5.74) is 0. The first-order valence-electron chi connectivity index (χ1n) is 23.4. The molecule has 0 aliphatic heterocycles. The molecule has 0 aromatic heterocycles. The predicted octanol–water partition coefficient (Wildman–Crippen LogP) is 8.36. The van der Waals surface area contributed by atoms with Crippen LogP contribution in [0.5, 0.6) is 0 Å². The van der Waals surface area contributed by atoms with Crippen molar-refractivity contribution in [2.45, 2.75) is 172 Å². The minimum absolute atomic E-state index is 0.0285. The molecule has 15 heteroatoms. The van der Waals surface area contributed by atoms with Gasteiger partial charge in [-0.25, -0.2) is 4.57 Å². The van der Waals surface area contributed by atoms with Crippen LogP contribution in [0.3, 0.4) is 0 Å². The molecule has 1 aliphatic carbocycles. The summed E-state index contributed by atoms with van der Waals surface area (Å²) in [6.45, 7) is 2.85. The van der Waals surface area contributed by atoms with Crippen molar-refractivity contribution in [2.24, 2.45) is 0 Å². The highest BCUT2D eigenvalue weighted by atomic mass is 31.2. The van der Waals surface area contributed by atoms with Crippen LogP contribution < -0.4 is 0 Å². The second kappa shape index (κ2) is 39.2. The van der Waals surface area contributed by atoms with E-state index in [2.05, 4.69) is 67.7 Å². The summed E-state index contributed by atoms with van der Waals surface area (Å²) in [5, 5.41) is 60.0. The molecular weight excluding hydrogens is 868 g/mol. The maximum atomic E-state index is 12.8. The molecular formula is C51H79O14P. The molecule has 0 amide bonds. The number of hydrogen-bond donors (Lipinski definition) is 7. The molecule has 0 spiro atoms. The maximum absolute atomic E-state index is 12.8. The number of phosphoric acid groups is 1. The van der Waals surface area contributed by atoms with Crippen molar-refractivity contribution in [3.05, 3.63) is 122 Å². The number of unbranched alkanes of at least 4 members (excludes halogenated alkanes) is 4. The van der Waals surface area contributed by atoms with Crippen molar-refractivity contribution < 1.29 is 68.2 Å². The lowest BCUT2D eigenvalue weighted by atomic mass is 9.85. The normalized spacial score (nSPS) is 22.9. The number of ether oxygens (including phenoxy) is 2. The lowest BCUT2D eigenvalue weighted by Crippen LogP contribution is -2.64. The van der Waals surface area contributed by atoms with Gasteiger partial charge in [0, 0.05) is 12.8 Å². The lowest BCUT2D eigenvalue weighted by Gasteiger charge is -2.41. The number of esters is 2. The van der Waals surface area contributed by atoms with E-state index in [1.54, 1.807) is 6.08 Å². The molecule has 1 saturated carbocycles. The summed E-state index contributed by atoms with van der Waals surface area (Å²) >= 11 is 0. The summed E-state index contributed by atoms with van der Waals surface area (Å²) in [6, 6.07) is 0. The maximum Gasteiger partial charge on any atom is 0.472 e. The van der Waals surface area contributed by atoms with Gasteiger partial charge >= 0.3 is 19.8 Å². The van der Waals surface area contributed by atoms with Crippen molar-refractivity contribution in [3.63, 3.8) is 0 Å². The number of allylic oxidation sites excluding steroid dienone is 18. The second-order valence-electron chi connectivity index (χ2n) is 15.7. The number of aliphatic hydroxyl groups excluding tert-OH is 6. The fourth-order valence-corrected chi connectivity index (χ4v) is 7.10. The van der Waals surface area contributed by atoms with E-state index >= 15 is 0 Å². The highest BCUT2D eigenvalue weighted by Crippen LogP contribution is 2.47. The summed E-state index contributed by atoms with van der Waals surface area (Å²) in [4.78, 5) is 35.7. The molecule has 0 radical (unpaired) electrons. The van der Waals surface area contributed by atoms with Crippen molar-refractivity contribution in [1.82, 2.24) is 0 Å². The molecule has 0 heterocycles. The van der Waals surface area contributed by atoms with Gasteiger partial charge in [0.1, 0.15) is 43.2 Å². The van der Waals surface area contributed by atoms with Gasteiger partial charge in [0.25, 0.3) is 0 Å². The van der Waals surface area contributed by atoms with E-state index in [1.165, 1.54) is 0 Å². The number of hydrogen-bond acceptors (Lipinski definition) is 13. The van der Waals surface area contributed by atoms with Gasteiger partial charge < -0.3 is 45.0 Å². The quantitative estimate of drug-likeness (QED) is 0.0103. The van der Waals surface area contributed by atoms with E-state index in [0.29, 0.717) is 25.7 Å². The zero-order valence-corrected chi connectivity index (χ0v) is 39.9. The second-order valence-corrected chi connectivity index (χ2v) is 17.1. The Morgan fingerprint density at radius 3 is 1.58 bits per heavy atom. The zero-order chi connectivity index (χ0) is 48.7. The van der Waals surface area contributed by atoms with Crippen LogP contribution in [0.15, 0.2) is 122 Å². The number of aliphatic hydroxyl groups is 6. The van der Waals surface area contributed by atoms with Crippen molar-refractivity contribution in [3.8, 4) is 0 Å². The average molecular weight is 947 g/mol. The summed E-state index contributed by atoms with van der Waals surface area (Å²) in [6.07, 6.45) is 38.8. The van der Waals surface area contributed by atoms with Crippen LogP contribution in [-0.2, 0) is 32.7 Å². The molecule has 4 unspecified atom stereocenters. The highest BCUT2D eigenvalue weighted by Gasteiger charge is 2.51. The Hall–Kier alpha value is -3.79. The van der Waals surface area contributed by atoms with E-state index in [0.717, 1.165) is 70.6 Å². The van der Waals surface area contributed by atoms with Crippen LogP contribution in [0, 0.1) is 0 Å². The molecule has 0 aromatic carbocycles. The van der Waals surface area contributed by atoms with Gasteiger partial charge in [0.05, 0.1) is 12.7 Å². The van der Waals surface area contributed by atoms with Gasteiger partial charge in [-0.15, -0.1) is 0 Å². The topological polar surface area (TPSA) is 230 Å². The van der Waals surface area contributed by atoms with Gasteiger partial charge in [-0.05, 0) is 89.9 Å². The Balaban J connectivity index is 2.55. The summed E-state index contributed by atoms with van der Waals surface area (Å²) in [7, 11) is -5.16. The first-order chi connectivity index (χ1) is 31.8. The van der Waals surface area contributed by atoms with Crippen molar-refractivity contribution in [1.29, 1.82) is 0 Å². The third-order valence-electron chi connectivity index (χ3n) is 9.87. The SMILES string of the molecule is CC/C=C\C/C=C\C/C=C\C/C=C\C/C=C\CCCCCC(=O)O[C@H](COC(=O)CCC/C=C\C/C=C\C/C=C\C=C\CC(O)/C=C\CC)COP(=O)(O)OC1[C@H](O)[C@H](O)C(O)[C@H](O)[C@H]1O. The Labute approximate surface area is 393 Å². The monoisotopic (exact) mass is 947 g/mol. The largest absolute Gasteiger partial charge is 0.472 e. The van der Waals surface area contributed by atoms with E-state index < -0.39 is 81.8 Å². The fraction of sp³-hybridized carbons (Fsp3) is 0.569. The van der Waals surface area contributed by atoms with E-state index in [4.69, 9.17) is 18.5 Å². The minimum Gasteiger partial charge on any atom is -0.462 e. The summed E-state index contributed by atoms with van der Waals surface area (Å²) in [5.74, 6) is -1.24. The standard InChI is InChI=1S/C51H79O14P/c1-3-5-7-8-9-10-11-12-13-14-15-16-17-18-23-26-29-32-35-39-45(54)64-43(41-63-66(60,61)65-51-49(58)47(56)46(55)48(57)50(51)59)40-62-44(53)38-34-31-28-25-22-20-19-21-24-27-30-33-37-42(52)36-6-4-2/h5-7,9-10,12-13,15-16,18-20,23-25,27-28,30,33,36,42-43,46-52,55-59H,3-4,8,11,14,17,21-22,26,29,31-32,34-35,37-41H2,1-2H3,(H,60,61)/b7-5-,10-9-,13-12-,16-15-,20-19-,23-18-,27-24-,28-25-,33-30+,36-6-/t42?,43-,46?,47-,48+,49-,50-,51?/m1/s1. The van der Waals surface area contributed by atoms with Crippen LogP contribution in [0.4, 0.5) is 0 Å². The first kappa shape index (κ1) is 60.2. The predicted molar refractivity (Wildman–Crippen MR) is 259 cm³/mol. The van der Waals surface area contributed by atoms with Gasteiger partial charge in [0.15, 0.2) is 6.10 Å².